The number of alkyl halides is 3. The highest BCUT2D eigenvalue weighted by Crippen LogP contribution is 2.39. The van der Waals surface area contributed by atoms with Gasteiger partial charge in [0.25, 0.3) is 0 Å². The lowest BCUT2D eigenvalue weighted by Gasteiger charge is -2.19. The molecular weight excluding hydrogens is 459 g/mol. The number of allylic oxidation sites excluding steroid dienone is 4. The van der Waals surface area contributed by atoms with Gasteiger partial charge in [-0.1, -0.05) is 31.9 Å². The normalized spacial score (nSPS) is 20.2. The molecule has 0 N–H and O–H groups in total. The molecule has 0 radical (unpaired) electrons. The zero-order valence-electron chi connectivity index (χ0n) is 21.1. The molecule has 2 aromatic heterocycles. The number of aliphatic imine (C=N–C) groups is 1. The number of fused-ring (bicyclic) bond motifs is 1. The molecule has 6 heteroatoms. The number of hydrogen-bond acceptors (Lipinski definition) is 2. The van der Waals surface area contributed by atoms with Crippen LogP contribution in [-0.2, 0) is 19.6 Å². The van der Waals surface area contributed by atoms with Crippen molar-refractivity contribution in [3.63, 3.8) is 0 Å². The first kappa shape index (κ1) is 25.9. The third-order valence-electron chi connectivity index (χ3n) is 6.84. The second-order valence-corrected chi connectivity index (χ2v) is 9.76. The summed E-state index contributed by atoms with van der Waals surface area (Å²) in [4.78, 5) is 8.87. The molecule has 0 fully saturated rings. The van der Waals surface area contributed by atoms with Gasteiger partial charge >= 0.3 is 6.18 Å². The number of pyridine rings is 1. The zero-order valence-corrected chi connectivity index (χ0v) is 21.1. The number of halogens is 3. The van der Waals surface area contributed by atoms with Crippen LogP contribution >= 0.6 is 0 Å². The molecule has 0 saturated carbocycles. The maximum Gasteiger partial charge on any atom is 0.417 e. The summed E-state index contributed by atoms with van der Waals surface area (Å²) in [6.07, 6.45) is 13.7. The Bertz CT molecular complexity index is 1250. The summed E-state index contributed by atoms with van der Waals surface area (Å²) in [5.74, 6) is 0.367. The lowest BCUT2D eigenvalue weighted by molar-refractivity contribution is -0.137. The lowest BCUT2D eigenvalue weighted by Crippen LogP contribution is -2.13. The molecule has 1 aliphatic rings. The van der Waals surface area contributed by atoms with Crippen LogP contribution in [0.3, 0.4) is 0 Å². The van der Waals surface area contributed by atoms with Crippen LogP contribution in [0.4, 0.5) is 13.2 Å². The molecule has 36 heavy (non-hydrogen) atoms. The molecule has 1 aromatic carbocycles. The van der Waals surface area contributed by atoms with Gasteiger partial charge in [-0.15, -0.1) is 0 Å². The molecule has 2 heterocycles. The van der Waals surface area contributed by atoms with Crippen LogP contribution in [0.5, 0.6) is 0 Å². The summed E-state index contributed by atoms with van der Waals surface area (Å²) in [5, 5.41) is 0.592. The Labute approximate surface area is 211 Å². The Kier molecular flexibility index (Phi) is 8.44. The molecular formula is C30H34F3N3. The summed E-state index contributed by atoms with van der Waals surface area (Å²) in [5.41, 5.74) is 2.93. The van der Waals surface area contributed by atoms with E-state index in [1.54, 1.807) is 18.3 Å². The standard InChI is InChI=1S/C30H34F3N3/c1-22-8-7-10-28(35-16-6-4-3-5-9-23-13-17-34-18-14-23)25(12-11-22)26-21-29-24(15-19-36(29)2)20-27(26)30(31,32)33/h7,10,12-15,17-22H,3-6,8-9,11,16H2,1-2H3/b10-7-,25-12+,35-28?. The largest absolute Gasteiger partial charge is 0.417 e. The van der Waals surface area contributed by atoms with Crippen LogP contribution in [0.15, 0.2) is 72.1 Å². The van der Waals surface area contributed by atoms with Crippen molar-refractivity contribution in [1.82, 2.24) is 9.55 Å². The fourth-order valence-corrected chi connectivity index (χ4v) is 4.72. The molecule has 0 amide bonds. The van der Waals surface area contributed by atoms with Gasteiger partial charge in [-0.25, -0.2) is 0 Å². The summed E-state index contributed by atoms with van der Waals surface area (Å²) >= 11 is 0. The number of rotatable bonds is 8. The van der Waals surface area contributed by atoms with E-state index in [2.05, 4.69) is 18.0 Å². The Balaban J connectivity index is 1.53. The van der Waals surface area contributed by atoms with Gasteiger partial charge in [0.1, 0.15) is 0 Å². The van der Waals surface area contributed by atoms with E-state index in [1.165, 1.54) is 11.6 Å². The fraction of sp³-hybridized carbons (Fsp3) is 0.400. The van der Waals surface area contributed by atoms with Gasteiger partial charge in [-0.05, 0) is 85.6 Å². The zero-order chi connectivity index (χ0) is 25.5. The van der Waals surface area contributed by atoms with Crippen molar-refractivity contribution in [3.05, 3.63) is 83.8 Å². The molecule has 3 aromatic rings. The summed E-state index contributed by atoms with van der Waals surface area (Å²) in [6.45, 7) is 2.73. The summed E-state index contributed by atoms with van der Waals surface area (Å²) < 4.78 is 44.4. The molecule has 0 aliphatic heterocycles. The van der Waals surface area contributed by atoms with E-state index < -0.39 is 11.7 Å². The molecule has 1 aliphatic carbocycles. The van der Waals surface area contributed by atoms with Crippen LogP contribution in [-0.4, -0.2) is 21.8 Å². The van der Waals surface area contributed by atoms with Crippen molar-refractivity contribution in [2.24, 2.45) is 18.0 Å². The first-order valence-electron chi connectivity index (χ1n) is 12.8. The number of aryl methyl sites for hydroxylation is 2. The second-order valence-electron chi connectivity index (χ2n) is 9.76. The minimum absolute atomic E-state index is 0.214. The monoisotopic (exact) mass is 493 g/mol. The Morgan fingerprint density at radius 3 is 2.58 bits per heavy atom. The van der Waals surface area contributed by atoms with Crippen molar-refractivity contribution in [2.45, 2.75) is 58.0 Å². The Morgan fingerprint density at radius 2 is 1.81 bits per heavy atom. The average molecular weight is 494 g/mol. The van der Waals surface area contributed by atoms with Crippen LogP contribution in [0.1, 0.15) is 62.1 Å². The van der Waals surface area contributed by atoms with E-state index >= 15 is 0 Å². The van der Waals surface area contributed by atoms with E-state index in [1.807, 2.05) is 48.3 Å². The maximum absolute atomic E-state index is 14.2. The highest BCUT2D eigenvalue weighted by Gasteiger charge is 2.35. The fourth-order valence-electron chi connectivity index (χ4n) is 4.72. The second kappa shape index (κ2) is 11.7. The minimum Gasteiger partial charge on any atom is -0.351 e. The molecule has 0 spiro atoms. The SMILES string of the molecule is CC1C/C=C\C(=NCCCCCCc2ccncc2)/C(c2cc3c(ccn3C)cc2C(F)(F)F)=C/C1. The van der Waals surface area contributed by atoms with E-state index in [4.69, 9.17) is 4.99 Å². The molecule has 4 rings (SSSR count). The first-order valence-corrected chi connectivity index (χ1v) is 12.8. The van der Waals surface area contributed by atoms with Gasteiger partial charge in [-0.2, -0.15) is 13.2 Å². The third-order valence-corrected chi connectivity index (χ3v) is 6.84. The van der Waals surface area contributed by atoms with E-state index in [0.717, 1.165) is 50.5 Å². The van der Waals surface area contributed by atoms with E-state index in [9.17, 15) is 13.2 Å². The van der Waals surface area contributed by atoms with Crippen LogP contribution < -0.4 is 0 Å². The molecule has 1 unspecified atom stereocenters. The number of hydrogen-bond donors (Lipinski definition) is 0. The predicted molar refractivity (Wildman–Crippen MR) is 142 cm³/mol. The Hall–Kier alpha value is -3.15. The van der Waals surface area contributed by atoms with Gasteiger partial charge in [0.15, 0.2) is 0 Å². The summed E-state index contributed by atoms with van der Waals surface area (Å²) in [7, 11) is 1.86. The van der Waals surface area contributed by atoms with Gasteiger partial charge < -0.3 is 4.57 Å². The first-order chi connectivity index (χ1) is 17.3. The van der Waals surface area contributed by atoms with Crippen LogP contribution in [0.25, 0.3) is 16.5 Å². The quantitative estimate of drug-likeness (QED) is 0.291. The topological polar surface area (TPSA) is 30.2 Å². The van der Waals surface area contributed by atoms with Crippen molar-refractivity contribution in [1.29, 1.82) is 0 Å². The average Bonchev–Trinajstić information content (AvgIpc) is 3.21. The maximum atomic E-state index is 14.2. The highest BCUT2D eigenvalue weighted by molar-refractivity contribution is 6.30. The van der Waals surface area contributed by atoms with Gasteiger partial charge in [0.05, 0.1) is 11.3 Å². The van der Waals surface area contributed by atoms with Gasteiger partial charge in [-0.3, -0.25) is 9.98 Å². The molecule has 1 atom stereocenters. The van der Waals surface area contributed by atoms with Crippen molar-refractivity contribution < 1.29 is 13.2 Å². The molecule has 0 bridgehead atoms. The number of aromatic nitrogens is 2. The van der Waals surface area contributed by atoms with Crippen molar-refractivity contribution in [3.8, 4) is 0 Å². The van der Waals surface area contributed by atoms with Crippen molar-refractivity contribution in [2.75, 3.05) is 6.54 Å². The molecule has 190 valence electrons. The highest BCUT2D eigenvalue weighted by atomic mass is 19.4. The van der Waals surface area contributed by atoms with E-state index in [0.29, 0.717) is 29.1 Å². The van der Waals surface area contributed by atoms with Gasteiger partial charge in [0.2, 0.25) is 0 Å². The number of unbranched alkanes of at least 4 members (excludes halogenated alkanes) is 3. The third kappa shape index (κ3) is 6.54. The van der Waals surface area contributed by atoms with Gasteiger partial charge in [0, 0.05) is 48.7 Å². The number of nitrogens with zero attached hydrogens (tertiary/aromatic N) is 3. The van der Waals surface area contributed by atoms with Crippen LogP contribution in [0, 0.1) is 5.92 Å². The molecule has 3 nitrogen and oxygen atoms in total. The minimum atomic E-state index is -4.45. The predicted octanol–water partition coefficient (Wildman–Crippen LogP) is 8.21. The van der Waals surface area contributed by atoms with Crippen molar-refractivity contribution >= 4 is 22.2 Å². The van der Waals surface area contributed by atoms with Crippen LogP contribution in [0.2, 0.25) is 0 Å². The molecule has 0 saturated heterocycles. The summed E-state index contributed by atoms with van der Waals surface area (Å²) in [6, 6.07) is 8.77. The Morgan fingerprint density at radius 1 is 1.03 bits per heavy atom. The lowest BCUT2D eigenvalue weighted by atomic mass is 9.89. The number of benzene rings is 1. The smallest absolute Gasteiger partial charge is 0.351 e. The van der Waals surface area contributed by atoms with E-state index in [-0.39, 0.29) is 5.56 Å².